The molecule has 8 aromatic carbocycles. The Morgan fingerprint density at radius 2 is 0.917 bits per heavy atom. The van der Waals surface area contributed by atoms with Gasteiger partial charge < -0.3 is 9.30 Å². The van der Waals surface area contributed by atoms with E-state index in [9.17, 15) is 0 Å². The Hall–Kier alpha value is -6.38. The molecule has 0 radical (unpaired) electrons. The highest BCUT2D eigenvalue weighted by Gasteiger charge is 2.18. The van der Waals surface area contributed by atoms with Crippen molar-refractivity contribution in [3.8, 4) is 22.3 Å². The highest BCUT2D eigenvalue weighted by Crippen LogP contribution is 2.42. The quantitative estimate of drug-likeness (QED) is 0.188. The molecule has 0 fully saturated rings. The molecular formula is C46H30N2. The molecule has 2 nitrogen and oxygen atoms in total. The number of aromatic nitrogens is 1. The van der Waals surface area contributed by atoms with Crippen molar-refractivity contribution in [2.24, 2.45) is 0 Å². The first kappa shape index (κ1) is 26.8. The molecule has 0 aliphatic rings. The van der Waals surface area contributed by atoms with Crippen molar-refractivity contribution in [3.05, 3.63) is 182 Å². The summed E-state index contributed by atoms with van der Waals surface area (Å²) >= 11 is 0. The lowest BCUT2D eigenvalue weighted by molar-refractivity contribution is 1.29. The maximum absolute atomic E-state index is 2.44. The SMILES string of the molecule is c1ccc(N(c2ccc(-c3ccccc3-c3ccc4c(c3)c3cccc5c6ccccc6n4c53)cc2)c2ccc3ccccc3c2)cc1. The van der Waals surface area contributed by atoms with E-state index in [1.807, 2.05) is 0 Å². The Kier molecular flexibility index (Phi) is 5.91. The molecule has 224 valence electrons. The lowest BCUT2D eigenvalue weighted by Crippen LogP contribution is -2.09. The Balaban J connectivity index is 1.08. The van der Waals surface area contributed by atoms with Crippen LogP contribution in [0, 0.1) is 0 Å². The van der Waals surface area contributed by atoms with Gasteiger partial charge in [-0.05, 0) is 87.6 Å². The molecule has 0 bridgehead atoms. The van der Waals surface area contributed by atoms with Crippen molar-refractivity contribution in [2.75, 3.05) is 4.90 Å². The monoisotopic (exact) mass is 610 g/mol. The van der Waals surface area contributed by atoms with Gasteiger partial charge in [0.05, 0.1) is 16.6 Å². The first-order valence-corrected chi connectivity index (χ1v) is 16.5. The third-order valence-electron chi connectivity index (χ3n) is 9.90. The van der Waals surface area contributed by atoms with E-state index in [2.05, 4.69) is 191 Å². The summed E-state index contributed by atoms with van der Waals surface area (Å²) in [5, 5.41) is 7.69. The molecule has 2 aromatic heterocycles. The molecular weight excluding hydrogens is 581 g/mol. The third kappa shape index (κ3) is 4.06. The average molecular weight is 611 g/mol. The topological polar surface area (TPSA) is 7.65 Å². The summed E-state index contributed by atoms with van der Waals surface area (Å²) in [5.74, 6) is 0. The van der Waals surface area contributed by atoms with Crippen molar-refractivity contribution in [1.82, 2.24) is 4.40 Å². The first-order valence-electron chi connectivity index (χ1n) is 16.5. The number of rotatable bonds is 5. The average Bonchev–Trinajstić information content (AvgIpc) is 3.68. The minimum absolute atomic E-state index is 1.12. The molecule has 10 aromatic rings. The van der Waals surface area contributed by atoms with Gasteiger partial charge in [-0.2, -0.15) is 0 Å². The molecule has 0 amide bonds. The highest BCUT2D eigenvalue weighted by atomic mass is 15.1. The van der Waals surface area contributed by atoms with Gasteiger partial charge in [0.15, 0.2) is 0 Å². The van der Waals surface area contributed by atoms with Crippen molar-refractivity contribution < 1.29 is 0 Å². The minimum atomic E-state index is 1.12. The molecule has 0 unspecified atom stereocenters. The predicted molar refractivity (Wildman–Crippen MR) is 204 cm³/mol. The van der Waals surface area contributed by atoms with Gasteiger partial charge in [-0.3, -0.25) is 0 Å². The van der Waals surface area contributed by atoms with Crippen molar-refractivity contribution in [2.45, 2.75) is 0 Å². The molecule has 0 atom stereocenters. The lowest BCUT2D eigenvalue weighted by atomic mass is 9.93. The molecule has 2 heteroatoms. The lowest BCUT2D eigenvalue weighted by Gasteiger charge is -2.26. The fourth-order valence-corrected chi connectivity index (χ4v) is 7.72. The van der Waals surface area contributed by atoms with Crippen LogP contribution in [0.5, 0.6) is 0 Å². The Labute approximate surface area is 278 Å². The van der Waals surface area contributed by atoms with Crippen LogP contribution in [0.4, 0.5) is 17.1 Å². The van der Waals surface area contributed by atoms with Gasteiger partial charge in [-0.15, -0.1) is 0 Å². The third-order valence-corrected chi connectivity index (χ3v) is 9.90. The number of hydrogen-bond donors (Lipinski definition) is 0. The summed E-state index contributed by atoms with van der Waals surface area (Å²) < 4.78 is 2.44. The predicted octanol–water partition coefficient (Wildman–Crippen LogP) is 12.8. The second-order valence-electron chi connectivity index (χ2n) is 12.6. The number of fused-ring (bicyclic) bond motifs is 7. The molecule has 0 saturated carbocycles. The van der Waals surface area contributed by atoms with Gasteiger partial charge in [0.1, 0.15) is 0 Å². The number of benzene rings is 8. The van der Waals surface area contributed by atoms with E-state index in [0.717, 1.165) is 17.1 Å². The van der Waals surface area contributed by atoms with Crippen LogP contribution in [0.3, 0.4) is 0 Å². The summed E-state index contributed by atoms with van der Waals surface area (Å²) in [6.45, 7) is 0. The summed E-state index contributed by atoms with van der Waals surface area (Å²) in [7, 11) is 0. The van der Waals surface area contributed by atoms with E-state index in [4.69, 9.17) is 0 Å². The van der Waals surface area contributed by atoms with Gasteiger partial charge in [0.2, 0.25) is 0 Å². The Bertz CT molecular complexity index is 2770. The van der Waals surface area contributed by atoms with Crippen molar-refractivity contribution >= 4 is 65.9 Å². The van der Waals surface area contributed by atoms with Crippen molar-refractivity contribution in [1.29, 1.82) is 0 Å². The fourth-order valence-electron chi connectivity index (χ4n) is 7.72. The number of nitrogens with zero attached hydrogens (tertiary/aromatic N) is 2. The van der Waals surface area contributed by atoms with E-state index in [-0.39, 0.29) is 0 Å². The maximum atomic E-state index is 2.44. The zero-order valence-electron chi connectivity index (χ0n) is 26.2. The van der Waals surface area contributed by atoms with Crippen LogP contribution in [0.15, 0.2) is 182 Å². The molecule has 0 N–H and O–H groups in total. The number of para-hydroxylation sites is 3. The molecule has 0 aliphatic carbocycles. The molecule has 0 aliphatic heterocycles. The second-order valence-corrected chi connectivity index (χ2v) is 12.6. The first-order chi connectivity index (χ1) is 23.8. The summed E-state index contributed by atoms with van der Waals surface area (Å²) in [5.41, 5.74) is 12.1. The summed E-state index contributed by atoms with van der Waals surface area (Å²) in [6, 6.07) is 66.1. The van der Waals surface area contributed by atoms with E-state index in [1.54, 1.807) is 0 Å². The highest BCUT2D eigenvalue weighted by molar-refractivity contribution is 6.23. The fraction of sp³-hybridized carbons (Fsp3) is 0. The van der Waals surface area contributed by atoms with E-state index in [1.165, 1.54) is 71.1 Å². The normalized spacial score (nSPS) is 11.8. The standard InChI is InChI=1S/C46H30N2/c1-2-13-35(14-3-1)47(37-27-21-31-11-4-5-12-33(31)29-37)36-25-22-32(23-26-36)38-15-6-7-16-39(38)34-24-28-45-43(30-34)42-19-10-18-41-40-17-8-9-20-44(40)48(45)46(41)42/h1-30H. The second kappa shape index (κ2) is 10.6. The van der Waals surface area contributed by atoms with E-state index in [0.29, 0.717) is 0 Å². The molecule has 48 heavy (non-hydrogen) atoms. The number of hydrogen-bond acceptors (Lipinski definition) is 1. The smallest absolute Gasteiger partial charge is 0.0620 e. The van der Waals surface area contributed by atoms with Crippen LogP contribution < -0.4 is 4.90 Å². The van der Waals surface area contributed by atoms with Crippen LogP contribution in [0.1, 0.15) is 0 Å². The van der Waals surface area contributed by atoms with Gasteiger partial charge >= 0.3 is 0 Å². The zero-order chi connectivity index (χ0) is 31.6. The van der Waals surface area contributed by atoms with Crippen LogP contribution in [0.2, 0.25) is 0 Å². The summed E-state index contributed by atoms with van der Waals surface area (Å²) in [4.78, 5) is 2.34. The van der Waals surface area contributed by atoms with Gasteiger partial charge in [0, 0.05) is 38.6 Å². The minimum Gasteiger partial charge on any atom is -0.310 e. The Morgan fingerprint density at radius 1 is 0.333 bits per heavy atom. The van der Waals surface area contributed by atoms with Gasteiger partial charge in [0.25, 0.3) is 0 Å². The van der Waals surface area contributed by atoms with Gasteiger partial charge in [-0.1, -0.05) is 127 Å². The van der Waals surface area contributed by atoms with Crippen LogP contribution in [-0.2, 0) is 0 Å². The van der Waals surface area contributed by atoms with Crippen LogP contribution >= 0.6 is 0 Å². The maximum Gasteiger partial charge on any atom is 0.0620 e. The molecule has 2 heterocycles. The van der Waals surface area contributed by atoms with E-state index >= 15 is 0 Å². The van der Waals surface area contributed by atoms with E-state index < -0.39 is 0 Å². The van der Waals surface area contributed by atoms with Gasteiger partial charge in [-0.25, -0.2) is 0 Å². The molecule has 0 spiro atoms. The molecule has 0 saturated heterocycles. The van der Waals surface area contributed by atoms with Crippen molar-refractivity contribution in [3.63, 3.8) is 0 Å². The zero-order valence-corrected chi connectivity index (χ0v) is 26.2. The molecule has 10 rings (SSSR count). The largest absolute Gasteiger partial charge is 0.310 e. The Morgan fingerprint density at radius 3 is 1.75 bits per heavy atom. The van der Waals surface area contributed by atoms with Crippen LogP contribution in [-0.4, -0.2) is 4.40 Å². The van der Waals surface area contributed by atoms with Crippen LogP contribution in [0.25, 0.3) is 71.1 Å². The number of anilines is 3. The summed E-state index contributed by atoms with van der Waals surface area (Å²) in [6.07, 6.45) is 0.